The van der Waals surface area contributed by atoms with Crippen LogP contribution >= 0.6 is 0 Å². The number of hydrogen-bond donors (Lipinski definition) is 1. The highest BCUT2D eigenvalue weighted by atomic mass is 15.0. The van der Waals surface area contributed by atoms with Crippen molar-refractivity contribution in [1.29, 1.82) is 5.26 Å². The molecule has 50 valence electrons. The van der Waals surface area contributed by atoms with Gasteiger partial charge in [0.2, 0.25) is 0 Å². The highest BCUT2D eigenvalue weighted by Gasteiger charge is 1.97. The molecule has 0 amide bonds. The second-order valence-corrected chi connectivity index (χ2v) is 1.65. The van der Waals surface area contributed by atoms with Crippen LogP contribution in [0.2, 0.25) is 0 Å². The van der Waals surface area contributed by atoms with Crippen LogP contribution < -0.4 is 5.32 Å². The molecule has 0 aliphatic carbocycles. The summed E-state index contributed by atoms with van der Waals surface area (Å²) in [7, 11) is 1.71. The zero-order valence-corrected chi connectivity index (χ0v) is 5.50. The Kier molecular flexibility index (Phi) is 1.80. The first kappa shape index (κ1) is 6.49. The quantitative estimate of drug-likeness (QED) is 0.603. The maximum atomic E-state index is 8.48. The molecule has 0 saturated carbocycles. The first-order valence-electron chi connectivity index (χ1n) is 2.76. The van der Waals surface area contributed by atoms with Crippen molar-refractivity contribution in [3.05, 3.63) is 18.1 Å². The summed E-state index contributed by atoms with van der Waals surface area (Å²) in [4.78, 5) is 7.51. The average Bonchev–Trinajstić information content (AvgIpc) is 2.04. The van der Waals surface area contributed by atoms with Crippen molar-refractivity contribution in [3.8, 4) is 6.07 Å². The van der Waals surface area contributed by atoms with Gasteiger partial charge in [-0.2, -0.15) is 5.26 Å². The number of rotatable bonds is 1. The van der Waals surface area contributed by atoms with Crippen molar-refractivity contribution in [2.75, 3.05) is 12.4 Å². The van der Waals surface area contributed by atoms with Crippen molar-refractivity contribution in [1.82, 2.24) is 9.97 Å². The van der Waals surface area contributed by atoms with Gasteiger partial charge in [-0.3, -0.25) is 0 Å². The molecule has 4 heteroatoms. The zero-order chi connectivity index (χ0) is 7.40. The summed E-state index contributed by atoms with van der Waals surface area (Å²) < 4.78 is 0. The molecule has 0 spiro atoms. The molecule has 0 radical (unpaired) electrons. The Balaban J connectivity index is 3.12. The Hall–Kier alpha value is -1.63. The number of nitrogens with one attached hydrogen (secondary N) is 1. The minimum atomic E-state index is 0.463. The molecule has 0 aliphatic rings. The van der Waals surface area contributed by atoms with Crippen LogP contribution in [0.5, 0.6) is 0 Å². The van der Waals surface area contributed by atoms with E-state index in [0.29, 0.717) is 11.4 Å². The van der Waals surface area contributed by atoms with Gasteiger partial charge < -0.3 is 5.32 Å². The topological polar surface area (TPSA) is 61.6 Å². The van der Waals surface area contributed by atoms with Gasteiger partial charge in [-0.1, -0.05) is 0 Å². The van der Waals surface area contributed by atoms with Gasteiger partial charge in [-0.15, -0.1) is 0 Å². The number of anilines is 1. The van der Waals surface area contributed by atoms with E-state index >= 15 is 0 Å². The normalized spacial score (nSPS) is 8.40. The Bertz CT molecular complexity index is 263. The van der Waals surface area contributed by atoms with Gasteiger partial charge in [0.25, 0.3) is 0 Å². The lowest BCUT2D eigenvalue weighted by atomic mass is 10.3. The third-order valence-electron chi connectivity index (χ3n) is 1.07. The first-order chi connectivity index (χ1) is 4.88. The highest BCUT2D eigenvalue weighted by molar-refractivity contribution is 5.48. The third-order valence-corrected chi connectivity index (χ3v) is 1.07. The molecule has 0 unspecified atom stereocenters. The Morgan fingerprint density at radius 3 is 3.00 bits per heavy atom. The number of hydrogen-bond acceptors (Lipinski definition) is 4. The van der Waals surface area contributed by atoms with Crippen LogP contribution in [-0.2, 0) is 0 Å². The Labute approximate surface area is 58.5 Å². The monoisotopic (exact) mass is 134 g/mol. The van der Waals surface area contributed by atoms with Crippen molar-refractivity contribution in [2.24, 2.45) is 0 Å². The second-order valence-electron chi connectivity index (χ2n) is 1.65. The fourth-order valence-electron chi connectivity index (χ4n) is 0.611. The van der Waals surface area contributed by atoms with Crippen LogP contribution in [-0.4, -0.2) is 17.0 Å². The SMILES string of the molecule is CNc1ncncc1C#N. The van der Waals surface area contributed by atoms with Gasteiger partial charge in [0.1, 0.15) is 23.8 Å². The van der Waals surface area contributed by atoms with E-state index in [2.05, 4.69) is 15.3 Å². The standard InChI is InChI=1S/C6H6N4/c1-8-6-5(2-7)3-9-4-10-6/h3-4H,1H3,(H,8,9,10). The summed E-state index contributed by atoms with van der Waals surface area (Å²) in [5.41, 5.74) is 0.463. The largest absolute Gasteiger partial charge is 0.372 e. The van der Waals surface area contributed by atoms with Crippen LogP contribution in [0.1, 0.15) is 5.56 Å². The molecular weight excluding hydrogens is 128 g/mol. The van der Waals surface area contributed by atoms with Crippen molar-refractivity contribution < 1.29 is 0 Å². The summed E-state index contributed by atoms with van der Waals surface area (Å²) in [6.07, 6.45) is 2.87. The minimum Gasteiger partial charge on any atom is -0.372 e. The van der Waals surface area contributed by atoms with E-state index in [0.717, 1.165) is 0 Å². The highest BCUT2D eigenvalue weighted by Crippen LogP contribution is 2.05. The fourth-order valence-corrected chi connectivity index (χ4v) is 0.611. The molecule has 0 aliphatic heterocycles. The molecule has 1 heterocycles. The van der Waals surface area contributed by atoms with Gasteiger partial charge >= 0.3 is 0 Å². The van der Waals surface area contributed by atoms with Gasteiger partial charge in [0, 0.05) is 7.05 Å². The van der Waals surface area contributed by atoms with Crippen LogP contribution in [0.4, 0.5) is 5.82 Å². The van der Waals surface area contributed by atoms with E-state index in [1.54, 1.807) is 7.05 Å². The van der Waals surface area contributed by atoms with Crippen molar-refractivity contribution in [3.63, 3.8) is 0 Å². The van der Waals surface area contributed by atoms with Gasteiger partial charge in [-0.05, 0) is 0 Å². The van der Waals surface area contributed by atoms with Crippen molar-refractivity contribution >= 4 is 5.82 Å². The van der Waals surface area contributed by atoms with Crippen LogP contribution in [0.15, 0.2) is 12.5 Å². The van der Waals surface area contributed by atoms with E-state index < -0.39 is 0 Å². The molecule has 0 bridgehead atoms. The minimum absolute atomic E-state index is 0.463. The Morgan fingerprint density at radius 1 is 1.70 bits per heavy atom. The summed E-state index contributed by atoms with van der Waals surface area (Å²) in [6, 6.07) is 1.96. The molecule has 1 aromatic heterocycles. The third kappa shape index (κ3) is 1.03. The molecule has 10 heavy (non-hydrogen) atoms. The molecule has 1 rings (SSSR count). The summed E-state index contributed by atoms with van der Waals surface area (Å²) in [6.45, 7) is 0. The predicted molar refractivity (Wildman–Crippen MR) is 36.3 cm³/mol. The molecule has 1 aromatic rings. The molecule has 0 atom stereocenters. The van der Waals surface area contributed by atoms with E-state index in [1.807, 2.05) is 6.07 Å². The lowest BCUT2D eigenvalue weighted by molar-refractivity contribution is 1.14. The summed E-state index contributed by atoms with van der Waals surface area (Å²) in [5.74, 6) is 0.567. The number of aromatic nitrogens is 2. The lowest BCUT2D eigenvalue weighted by Gasteiger charge is -1.97. The van der Waals surface area contributed by atoms with Gasteiger partial charge in [-0.25, -0.2) is 9.97 Å². The molecule has 0 saturated heterocycles. The summed E-state index contributed by atoms with van der Waals surface area (Å²) in [5, 5.41) is 11.3. The zero-order valence-electron chi connectivity index (χ0n) is 5.50. The lowest BCUT2D eigenvalue weighted by Crippen LogP contribution is -1.95. The van der Waals surface area contributed by atoms with E-state index in [4.69, 9.17) is 5.26 Å². The van der Waals surface area contributed by atoms with Crippen LogP contribution in [0.25, 0.3) is 0 Å². The number of nitriles is 1. The molecule has 1 N–H and O–H groups in total. The second kappa shape index (κ2) is 2.78. The number of nitrogens with zero attached hydrogens (tertiary/aromatic N) is 3. The van der Waals surface area contributed by atoms with E-state index in [-0.39, 0.29) is 0 Å². The smallest absolute Gasteiger partial charge is 0.147 e. The van der Waals surface area contributed by atoms with Gasteiger partial charge in [0.15, 0.2) is 0 Å². The molecular formula is C6H6N4. The van der Waals surface area contributed by atoms with Gasteiger partial charge in [0.05, 0.1) is 6.20 Å². The maximum Gasteiger partial charge on any atom is 0.147 e. The average molecular weight is 134 g/mol. The Morgan fingerprint density at radius 2 is 2.50 bits per heavy atom. The van der Waals surface area contributed by atoms with Crippen LogP contribution in [0, 0.1) is 11.3 Å². The van der Waals surface area contributed by atoms with E-state index in [9.17, 15) is 0 Å². The van der Waals surface area contributed by atoms with Crippen LogP contribution in [0.3, 0.4) is 0 Å². The predicted octanol–water partition coefficient (Wildman–Crippen LogP) is 0.390. The fraction of sp³-hybridized carbons (Fsp3) is 0.167. The molecule has 0 fully saturated rings. The van der Waals surface area contributed by atoms with Crippen molar-refractivity contribution in [2.45, 2.75) is 0 Å². The molecule has 4 nitrogen and oxygen atoms in total. The maximum absolute atomic E-state index is 8.48. The molecule has 0 aromatic carbocycles. The summed E-state index contributed by atoms with van der Waals surface area (Å²) >= 11 is 0. The first-order valence-corrected chi connectivity index (χ1v) is 2.76. The van der Waals surface area contributed by atoms with E-state index in [1.165, 1.54) is 12.5 Å².